The highest BCUT2D eigenvalue weighted by molar-refractivity contribution is 5.67. The number of hydrogen-bond donors (Lipinski definition) is 1. The number of nitrogens with zero attached hydrogens (tertiary/aromatic N) is 1. The van der Waals surface area contributed by atoms with E-state index in [1.807, 2.05) is 55.5 Å². The lowest BCUT2D eigenvalue weighted by Crippen LogP contribution is -2.53. The zero-order chi connectivity index (χ0) is 19.8. The number of amides is 1. The first-order valence-corrected chi connectivity index (χ1v) is 9.62. The monoisotopic (exact) mass is 384 g/mol. The van der Waals surface area contributed by atoms with Gasteiger partial charge in [-0.3, -0.25) is 0 Å². The standard InChI is InChI=1S/C22H28N2O4/c1-17-8-9-20(14-21(17)26-2)27-13-10-19-15-24(12-11-23-19)22(25)28-16-18-6-4-3-5-7-18/h3-9,14,19,23H,10-13,15-16H2,1-2H3/t19-/m1/s1. The van der Waals surface area contributed by atoms with Gasteiger partial charge in [-0.15, -0.1) is 0 Å². The molecular weight excluding hydrogens is 356 g/mol. The minimum atomic E-state index is -0.264. The van der Waals surface area contributed by atoms with Crippen LogP contribution in [-0.2, 0) is 11.3 Å². The molecule has 0 unspecified atom stereocenters. The zero-order valence-electron chi connectivity index (χ0n) is 16.5. The van der Waals surface area contributed by atoms with Crippen LogP contribution >= 0.6 is 0 Å². The predicted molar refractivity (Wildman–Crippen MR) is 108 cm³/mol. The average molecular weight is 384 g/mol. The van der Waals surface area contributed by atoms with Crippen LogP contribution in [0.1, 0.15) is 17.5 Å². The van der Waals surface area contributed by atoms with Crippen molar-refractivity contribution in [1.82, 2.24) is 10.2 Å². The second kappa shape index (κ2) is 9.99. The van der Waals surface area contributed by atoms with Crippen LogP contribution in [0.15, 0.2) is 48.5 Å². The molecule has 0 aromatic heterocycles. The third-order valence-corrected chi connectivity index (χ3v) is 4.83. The number of piperazine rings is 1. The van der Waals surface area contributed by atoms with Crippen molar-refractivity contribution in [3.05, 3.63) is 59.7 Å². The molecule has 6 nitrogen and oxygen atoms in total. The third kappa shape index (κ3) is 5.63. The fraction of sp³-hybridized carbons (Fsp3) is 0.409. The molecule has 1 aliphatic rings. The van der Waals surface area contributed by atoms with E-state index in [2.05, 4.69) is 5.32 Å². The van der Waals surface area contributed by atoms with Gasteiger partial charge in [0.2, 0.25) is 0 Å². The quantitative estimate of drug-likeness (QED) is 0.793. The normalized spacial score (nSPS) is 16.5. The van der Waals surface area contributed by atoms with Crippen molar-refractivity contribution in [3.8, 4) is 11.5 Å². The fourth-order valence-electron chi connectivity index (χ4n) is 3.20. The maximum atomic E-state index is 12.3. The van der Waals surface area contributed by atoms with Gasteiger partial charge in [0, 0.05) is 31.7 Å². The highest BCUT2D eigenvalue weighted by atomic mass is 16.6. The van der Waals surface area contributed by atoms with E-state index in [0.717, 1.165) is 35.6 Å². The first kappa shape index (κ1) is 20.0. The number of aryl methyl sites for hydroxylation is 1. The van der Waals surface area contributed by atoms with Crippen LogP contribution in [0.2, 0.25) is 0 Å². The van der Waals surface area contributed by atoms with E-state index in [-0.39, 0.29) is 12.1 Å². The summed E-state index contributed by atoms with van der Waals surface area (Å²) in [5, 5.41) is 3.44. The van der Waals surface area contributed by atoms with Gasteiger partial charge in [0.15, 0.2) is 0 Å². The molecule has 28 heavy (non-hydrogen) atoms. The Labute approximate surface area is 166 Å². The molecule has 1 atom stereocenters. The first-order chi connectivity index (χ1) is 13.7. The lowest BCUT2D eigenvalue weighted by atomic mass is 10.1. The van der Waals surface area contributed by atoms with Gasteiger partial charge in [-0.25, -0.2) is 4.79 Å². The molecule has 150 valence electrons. The summed E-state index contributed by atoms with van der Waals surface area (Å²) in [6, 6.07) is 15.7. The van der Waals surface area contributed by atoms with Crippen molar-refractivity contribution in [2.24, 2.45) is 0 Å². The largest absolute Gasteiger partial charge is 0.496 e. The number of ether oxygens (including phenoxy) is 3. The maximum absolute atomic E-state index is 12.3. The Balaban J connectivity index is 1.42. The third-order valence-electron chi connectivity index (χ3n) is 4.83. The van der Waals surface area contributed by atoms with Crippen molar-refractivity contribution in [3.63, 3.8) is 0 Å². The summed E-state index contributed by atoms with van der Waals surface area (Å²) >= 11 is 0. The van der Waals surface area contributed by atoms with Gasteiger partial charge in [-0.2, -0.15) is 0 Å². The Morgan fingerprint density at radius 3 is 2.82 bits per heavy atom. The SMILES string of the molecule is COc1cc(OCC[C@@H]2CN(C(=O)OCc3ccccc3)CCN2)ccc1C. The summed E-state index contributed by atoms with van der Waals surface area (Å²) in [5.74, 6) is 1.61. The van der Waals surface area contributed by atoms with Crippen molar-refractivity contribution in [2.45, 2.75) is 26.0 Å². The Bertz CT molecular complexity index is 766. The lowest BCUT2D eigenvalue weighted by molar-refractivity contribution is 0.0827. The van der Waals surface area contributed by atoms with Gasteiger partial charge in [0.05, 0.1) is 13.7 Å². The molecule has 0 spiro atoms. The summed E-state index contributed by atoms with van der Waals surface area (Å²) in [5.41, 5.74) is 2.07. The predicted octanol–water partition coefficient (Wildman–Crippen LogP) is 3.38. The number of rotatable bonds is 7. The van der Waals surface area contributed by atoms with E-state index < -0.39 is 0 Å². The second-order valence-corrected chi connectivity index (χ2v) is 6.91. The van der Waals surface area contributed by atoms with Crippen LogP contribution in [0, 0.1) is 6.92 Å². The van der Waals surface area contributed by atoms with E-state index >= 15 is 0 Å². The number of hydrogen-bond acceptors (Lipinski definition) is 5. The van der Waals surface area contributed by atoms with Crippen LogP contribution in [-0.4, -0.2) is 50.4 Å². The minimum absolute atomic E-state index is 0.186. The van der Waals surface area contributed by atoms with E-state index in [4.69, 9.17) is 14.2 Å². The van der Waals surface area contributed by atoms with Gasteiger partial charge in [-0.1, -0.05) is 36.4 Å². The Hall–Kier alpha value is -2.73. The molecule has 2 aromatic carbocycles. The van der Waals surface area contributed by atoms with Gasteiger partial charge in [-0.05, 0) is 30.5 Å². The van der Waals surface area contributed by atoms with Crippen LogP contribution < -0.4 is 14.8 Å². The molecule has 1 aliphatic heterocycles. The molecule has 1 heterocycles. The highest BCUT2D eigenvalue weighted by Crippen LogP contribution is 2.24. The molecule has 2 aromatic rings. The smallest absolute Gasteiger partial charge is 0.410 e. The van der Waals surface area contributed by atoms with Crippen LogP contribution in [0.4, 0.5) is 4.79 Å². The number of carbonyl (C=O) groups excluding carboxylic acids is 1. The Morgan fingerprint density at radius 2 is 2.04 bits per heavy atom. The van der Waals surface area contributed by atoms with Crippen molar-refractivity contribution < 1.29 is 19.0 Å². The molecule has 0 bridgehead atoms. The summed E-state index contributed by atoms with van der Waals surface area (Å²) in [6.45, 7) is 4.89. The molecule has 6 heteroatoms. The summed E-state index contributed by atoms with van der Waals surface area (Å²) in [4.78, 5) is 14.1. The number of carbonyl (C=O) groups is 1. The molecule has 0 saturated carbocycles. The lowest BCUT2D eigenvalue weighted by Gasteiger charge is -2.33. The molecule has 1 N–H and O–H groups in total. The van der Waals surface area contributed by atoms with E-state index in [0.29, 0.717) is 26.3 Å². The minimum Gasteiger partial charge on any atom is -0.496 e. The topological polar surface area (TPSA) is 60.0 Å². The molecule has 0 aliphatic carbocycles. The fourth-order valence-corrected chi connectivity index (χ4v) is 3.20. The average Bonchev–Trinajstić information content (AvgIpc) is 2.74. The van der Waals surface area contributed by atoms with E-state index in [1.165, 1.54) is 0 Å². The zero-order valence-corrected chi connectivity index (χ0v) is 16.5. The summed E-state index contributed by atoms with van der Waals surface area (Å²) in [7, 11) is 1.66. The maximum Gasteiger partial charge on any atom is 0.410 e. The van der Waals surface area contributed by atoms with Crippen molar-refractivity contribution in [2.75, 3.05) is 33.4 Å². The van der Waals surface area contributed by atoms with Crippen LogP contribution in [0.25, 0.3) is 0 Å². The van der Waals surface area contributed by atoms with Crippen molar-refractivity contribution >= 4 is 6.09 Å². The Morgan fingerprint density at radius 1 is 1.21 bits per heavy atom. The van der Waals surface area contributed by atoms with Crippen LogP contribution in [0.3, 0.4) is 0 Å². The van der Waals surface area contributed by atoms with Gasteiger partial charge in [0.1, 0.15) is 18.1 Å². The van der Waals surface area contributed by atoms with E-state index in [1.54, 1.807) is 12.0 Å². The van der Waals surface area contributed by atoms with Crippen LogP contribution in [0.5, 0.6) is 11.5 Å². The molecule has 1 amide bonds. The van der Waals surface area contributed by atoms with Gasteiger partial charge in [0.25, 0.3) is 0 Å². The number of benzene rings is 2. The molecule has 3 rings (SSSR count). The number of nitrogens with one attached hydrogen (secondary N) is 1. The second-order valence-electron chi connectivity index (χ2n) is 6.91. The summed E-state index contributed by atoms with van der Waals surface area (Å²) in [6.07, 6.45) is 0.540. The molecule has 1 saturated heterocycles. The van der Waals surface area contributed by atoms with Gasteiger partial charge < -0.3 is 24.4 Å². The Kier molecular flexibility index (Phi) is 7.14. The highest BCUT2D eigenvalue weighted by Gasteiger charge is 2.24. The number of methoxy groups -OCH3 is 1. The molecule has 1 fully saturated rings. The van der Waals surface area contributed by atoms with E-state index in [9.17, 15) is 4.79 Å². The summed E-state index contributed by atoms with van der Waals surface area (Å²) < 4.78 is 16.6. The van der Waals surface area contributed by atoms with Crippen molar-refractivity contribution in [1.29, 1.82) is 0 Å². The first-order valence-electron chi connectivity index (χ1n) is 9.62. The molecular formula is C22H28N2O4. The molecule has 0 radical (unpaired) electrons. The van der Waals surface area contributed by atoms with Gasteiger partial charge >= 0.3 is 6.09 Å².